The lowest BCUT2D eigenvalue weighted by molar-refractivity contribution is -0.118. The molecule has 0 aromatic heterocycles. The number of carbonyl (C=O) groups is 1. The summed E-state index contributed by atoms with van der Waals surface area (Å²) in [5.74, 6) is 1.21. The topological polar surface area (TPSA) is 59.6 Å². The van der Waals surface area contributed by atoms with Crippen molar-refractivity contribution in [3.8, 4) is 11.5 Å². The van der Waals surface area contributed by atoms with E-state index in [1.54, 1.807) is 24.3 Å². The normalized spacial score (nSPS) is 10.4. The Morgan fingerprint density at radius 2 is 1.67 bits per heavy atom. The number of amides is 1. The first kappa shape index (κ1) is 22.0. The zero-order chi connectivity index (χ0) is 21.3. The molecule has 0 aliphatic rings. The van der Waals surface area contributed by atoms with Crippen LogP contribution in [0, 0.1) is 0 Å². The van der Waals surface area contributed by atoms with Crippen molar-refractivity contribution in [1.82, 2.24) is 0 Å². The molecule has 2 N–H and O–H groups in total. The number of hydrogen-bond donors (Lipinski definition) is 2. The standard InChI is InChI=1S/C23H22BrClN2O3/c1-2-29-20-10-8-18(9-11-20)26-14-16-3-12-22(21(24)13-16)30-15-23(28)27-19-6-4-17(25)5-7-19/h3-13,26H,2,14-15H2,1H3,(H,27,28). The van der Waals surface area contributed by atoms with E-state index in [9.17, 15) is 4.79 Å². The number of nitrogens with one attached hydrogen (secondary N) is 2. The van der Waals surface area contributed by atoms with Crippen molar-refractivity contribution in [3.05, 3.63) is 81.8 Å². The van der Waals surface area contributed by atoms with Gasteiger partial charge in [0.05, 0.1) is 11.1 Å². The van der Waals surface area contributed by atoms with Crippen molar-refractivity contribution >= 4 is 44.8 Å². The first-order valence-electron chi connectivity index (χ1n) is 9.47. The molecule has 0 radical (unpaired) electrons. The molecule has 0 atom stereocenters. The highest BCUT2D eigenvalue weighted by atomic mass is 79.9. The fourth-order valence-corrected chi connectivity index (χ4v) is 3.35. The van der Waals surface area contributed by atoms with Crippen LogP contribution < -0.4 is 20.1 Å². The van der Waals surface area contributed by atoms with E-state index in [1.807, 2.05) is 49.4 Å². The third kappa shape index (κ3) is 6.68. The molecule has 30 heavy (non-hydrogen) atoms. The summed E-state index contributed by atoms with van der Waals surface area (Å²) in [6.45, 7) is 3.18. The van der Waals surface area contributed by atoms with Crippen molar-refractivity contribution in [2.45, 2.75) is 13.5 Å². The largest absolute Gasteiger partial charge is 0.494 e. The third-order valence-electron chi connectivity index (χ3n) is 4.14. The molecule has 0 aliphatic carbocycles. The van der Waals surface area contributed by atoms with Gasteiger partial charge in [0.25, 0.3) is 5.91 Å². The van der Waals surface area contributed by atoms with E-state index >= 15 is 0 Å². The monoisotopic (exact) mass is 488 g/mol. The van der Waals surface area contributed by atoms with Crippen LogP contribution in [0.2, 0.25) is 5.02 Å². The molecule has 156 valence electrons. The van der Waals surface area contributed by atoms with E-state index < -0.39 is 0 Å². The summed E-state index contributed by atoms with van der Waals surface area (Å²) in [7, 11) is 0. The predicted molar refractivity (Wildman–Crippen MR) is 125 cm³/mol. The predicted octanol–water partition coefficient (Wildman–Crippen LogP) is 6.13. The zero-order valence-corrected chi connectivity index (χ0v) is 18.8. The minimum Gasteiger partial charge on any atom is -0.494 e. The van der Waals surface area contributed by atoms with Gasteiger partial charge in [-0.3, -0.25) is 4.79 Å². The number of halogens is 2. The second kappa shape index (κ2) is 10.9. The fraction of sp³-hybridized carbons (Fsp3) is 0.174. The van der Waals surface area contributed by atoms with Crippen LogP contribution in [0.1, 0.15) is 12.5 Å². The van der Waals surface area contributed by atoms with Crippen LogP contribution in [-0.2, 0) is 11.3 Å². The second-order valence-corrected chi connectivity index (χ2v) is 7.71. The quantitative estimate of drug-likeness (QED) is 0.379. The van der Waals surface area contributed by atoms with Crippen molar-refractivity contribution < 1.29 is 14.3 Å². The fourth-order valence-electron chi connectivity index (χ4n) is 2.68. The Balaban J connectivity index is 1.49. The van der Waals surface area contributed by atoms with Crippen LogP contribution in [0.15, 0.2) is 71.2 Å². The van der Waals surface area contributed by atoms with Crippen LogP contribution in [0.4, 0.5) is 11.4 Å². The Kier molecular flexibility index (Phi) is 7.99. The van der Waals surface area contributed by atoms with Crippen molar-refractivity contribution in [3.63, 3.8) is 0 Å². The maximum absolute atomic E-state index is 12.1. The van der Waals surface area contributed by atoms with E-state index in [-0.39, 0.29) is 12.5 Å². The molecule has 0 saturated carbocycles. The lowest BCUT2D eigenvalue weighted by atomic mass is 10.2. The number of anilines is 2. The summed E-state index contributed by atoms with van der Waals surface area (Å²) in [4.78, 5) is 12.1. The number of rotatable bonds is 9. The smallest absolute Gasteiger partial charge is 0.262 e. The number of ether oxygens (including phenoxy) is 2. The van der Waals surface area contributed by atoms with Crippen LogP contribution in [-0.4, -0.2) is 19.1 Å². The molecular weight excluding hydrogens is 468 g/mol. The highest BCUT2D eigenvalue weighted by Gasteiger charge is 2.07. The van der Waals surface area contributed by atoms with Gasteiger partial charge in [-0.2, -0.15) is 0 Å². The molecule has 0 aliphatic heterocycles. The van der Waals surface area contributed by atoms with Gasteiger partial charge in [0, 0.05) is 22.9 Å². The summed E-state index contributed by atoms with van der Waals surface area (Å²) in [6.07, 6.45) is 0. The molecule has 3 aromatic rings. The average molecular weight is 490 g/mol. The molecule has 7 heteroatoms. The summed E-state index contributed by atoms with van der Waals surface area (Å²) in [6, 6.07) is 20.5. The van der Waals surface area contributed by atoms with Crippen LogP contribution >= 0.6 is 27.5 Å². The minimum absolute atomic E-state index is 0.0923. The Bertz CT molecular complexity index is 979. The third-order valence-corrected chi connectivity index (χ3v) is 5.02. The zero-order valence-electron chi connectivity index (χ0n) is 16.5. The van der Waals surface area contributed by atoms with Gasteiger partial charge < -0.3 is 20.1 Å². The molecule has 3 aromatic carbocycles. The molecule has 5 nitrogen and oxygen atoms in total. The van der Waals surface area contributed by atoms with E-state index in [0.29, 0.717) is 29.6 Å². The Morgan fingerprint density at radius 1 is 0.967 bits per heavy atom. The molecule has 0 saturated heterocycles. The lowest BCUT2D eigenvalue weighted by Gasteiger charge is -2.12. The lowest BCUT2D eigenvalue weighted by Crippen LogP contribution is -2.20. The van der Waals surface area contributed by atoms with Crippen molar-refractivity contribution in [2.75, 3.05) is 23.8 Å². The maximum Gasteiger partial charge on any atom is 0.262 e. The summed E-state index contributed by atoms with van der Waals surface area (Å²) < 4.78 is 11.9. The van der Waals surface area contributed by atoms with Crippen LogP contribution in [0.25, 0.3) is 0 Å². The van der Waals surface area contributed by atoms with Gasteiger partial charge in [0.2, 0.25) is 0 Å². The minimum atomic E-state index is -0.245. The Hall–Kier alpha value is -2.70. The Morgan fingerprint density at radius 3 is 2.33 bits per heavy atom. The van der Waals surface area contributed by atoms with E-state index in [4.69, 9.17) is 21.1 Å². The molecule has 0 spiro atoms. The SMILES string of the molecule is CCOc1ccc(NCc2ccc(OCC(=O)Nc3ccc(Cl)cc3)c(Br)c2)cc1. The highest BCUT2D eigenvalue weighted by molar-refractivity contribution is 9.10. The molecule has 1 amide bonds. The first-order chi connectivity index (χ1) is 14.5. The van der Waals surface area contributed by atoms with Gasteiger partial charge in [0.15, 0.2) is 6.61 Å². The number of carbonyl (C=O) groups excluding carboxylic acids is 1. The van der Waals surface area contributed by atoms with Crippen molar-refractivity contribution in [2.24, 2.45) is 0 Å². The summed E-state index contributed by atoms with van der Waals surface area (Å²) in [5, 5.41) is 6.75. The van der Waals surface area contributed by atoms with Gasteiger partial charge in [-0.05, 0) is 89.1 Å². The molecular formula is C23H22BrClN2O3. The molecule has 0 bridgehead atoms. The van der Waals surface area contributed by atoms with Gasteiger partial charge in [-0.25, -0.2) is 0 Å². The second-order valence-electron chi connectivity index (χ2n) is 6.42. The maximum atomic E-state index is 12.1. The van der Waals surface area contributed by atoms with E-state index in [0.717, 1.165) is 21.5 Å². The number of benzene rings is 3. The van der Waals surface area contributed by atoms with Crippen LogP contribution in [0.3, 0.4) is 0 Å². The van der Waals surface area contributed by atoms with E-state index in [2.05, 4.69) is 26.6 Å². The molecule has 0 fully saturated rings. The van der Waals surface area contributed by atoms with Gasteiger partial charge in [0.1, 0.15) is 11.5 Å². The van der Waals surface area contributed by atoms with E-state index in [1.165, 1.54) is 0 Å². The first-order valence-corrected chi connectivity index (χ1v) is 10.6. The van der Waals surface area contributed by atoms with Crippen molar-refractivity contribution in [1.29, 1.82) is 0 Å². The van der Waals surface area contributed by atoms with Crippen LogP contribution in [0.5, 0.6) is 11.5 Å². The average Bonchev–Trinajstić information content (AvgIpc) is 2.74. The van der Waals surface area contributed by atoms with Gasteiger partial charge >= 0.3 is 0 Å². The summed E-state index contributed by atoms with van der Waals surface area (Å²) >= 11 is 9.35. The van der Waals surface area contributed by atoms with Gasteiger partial charge in [-0.15, -0.1) is 0 Å². The molecule has 0 heterocycles. The molecule has 3 rings (SSSR count). The Labute approximate surface area is 189 Å². The van der Waals surface area contributed by atoms with Gasteiger partial charge in [-0.1, -0.05) is 17.7 Å². The highest BCUT2D eigenvalue weighted by Crippen LogP contribution is 2.27. The number of hydrogen-bond acceptors (Lipinski definition) is 4. The molecule has 0 unspecified atom stereocenters. The summed E-state index contributed by atoms with van der Waals surface area (Å²) in [5.41, 5.74) is 2.75.